The number of halogens is 1. The van der Waals surface area contributed by atoms with Gasteiger partial charge in [-0.2, -0.15) is 0 Å². The molecule has 0 saturated carbocycles. The van der Waals surface area contributed by atoms with Gasteiger partial charge in [0.05, 0.1) is 19.3 Å². The third kappa shape index (κ3) is 4.21. The lowest BCUT2D eigenvalue weighted by molar-refractivity contribution is 0.188. The molecule has 2 rings (SSSR count). The SMILES string of the molecule is COc1ccc(C(NCC(C)O)c2ccccc2Cl)cc1. The van der Waals surface area contributed by atoms with Crippen LogP contribution in [0.2, 0.25) is 5.02 Å². The second-order valence-electron chi connectivity index (χ2n) is 4.98. The zero-order valence-corrected chi connectivity index (χ0v) is 13.0. The van der Waals surface area contributed by atoms with Crippen LogP contribution in [0.25, 0.3) is 0 Å². The van der Waals surface area contributed by atoms with Gasteiger partial charge in [-0.3, -0.25) is 0 Å². The van der Waals surface area contributed by atoms with Crippen molar-refractivity contribution in [3.63, 3.8) is 0 Å². The highest BCUT2D eigenvalue weighted by Crippen LogP contribution is 2.29. The van der Waals surface area contributed by atoms with Gasteiger partial charge in [0.1, 0.15) is 5.75 Å². The predicted molar refractivity (Wildman–Crippen MR) is 86.0 cm³/mol. The van der Waals surface area contributed by atoms with E-state index >= 15 is 0 Å². The third-order valence-corrected chi connectivity index (χ3v) is 3.63. The average molecular weight is 306 g/mol. The molecule has 2 atom stereocenters. The van der Waals surface area contributed by atoms with E-state index in [1.165, 1.54) is 0 Å². The van der Waals surface area contributed by atoms with Crippen LogP contribution in [-0.4, -0.2) is 24.9 Å². The molecule has 2 unspecified atom stereocenters. The fourth-order valence-corrected chi connectivity index (χ4v) is 2.45. The number of nitrogens with one attached hydrogen (secondary N) is 1. The van der Waals surface area contributed by atoms with Gasteiger partial charge in [0.25, 0.3) is 0 Å². The van der Waals surface area contributed by atoms with Crippen LogP contribution in [0.5, 0.6) is 5.75 Å². The van der Waals surface area contributed by atoms with Crippen LogP contribution in [0, 0.1) is 0 Å². The maximum Gasteiger partial charge on any atom is 0.118 e. The zero-order chi connectivity index (χ0) is 15.2. The monoisotopic (exact) mass is 305 g/mol. The van der Waals surface area contributed by atoms with E-state index in [1.807, 2.05) is 48.5 Å². The van der Waals surface area contributed by atoms with Crippen LogP contribution in [0.4, 0.5) is 0 Å². The molecule has 0 saturated heterocycles. The van der Waals surface area contributed by atoms with Gasteiger partial charge in [-0.1, -0.05) is 41.9 Å². The highest BCUT2D eigenvalue weighted by Gasteiger charge is 2.17. The van der Waals surface area contributed by atoms with Gasteiger partial charge in [-0.15, -0.1) is 0 Å². The summed E-state index contributed by atoms with van der Waals surface area (Å²) in [6, 6.07) is 15.5. The minimum absolute atomic E-state index is 0.0702. The highest BCUT2D eigenvalue weighted by molar-refractivity contribution is 6.31. The number of aliphatic hydroxyl groups is 1. The Kier molecular flexibility index (Phi) is 5.62. The molecule has 0 amide bonds. The molecule has 0 aliphatic carbocycles. The summed E-state index contributed by atoms with van der Waals surface area (Å²) in [6.45, 7) is 2.24. The molecular formula is C17H20ClNO2. The molecule has 112 valence electrons. The minimum atomic E-state index is -0.423. The van der Waals surface area contributed by atoms with Crippen LogP contribution >= 0.6 is 11.6 Å². The van der Waals surface area contributed by atoms with E-state index in [9.17, 15) is 5.11 Å². The Bertz CT molecular complexity index is 569. The first-order valence-electron chi connectivity index (χ1n) is 6.91. The molecule has 21 heavy (non-hydrogen) atoms. The van der Waals surface area contributed by atoms with Gasteiger partial charge in [0.15, 0.2) is 0 Å². The second kappa shape index (κ2) is 7.46. The minimum Gasteiger partial charge on any atom is -0.497 e. The number of aliphatic hydroxyl groups excluding tert-OH is 1. The first-order chi connectivity index (χ1) is 10.1. The van der Waals surface area contributed by atoms with E-state index in [0.29, 0.717) is 11.6 Å². The number of hydrogen-bond donors (Lipinski definition) is 2. The number of rotatable bonds is 6. The van der Waals surface area contributed by atoms with Crippen LogP contribution < -0.4 is 10.1 Å². The molecule has 3 nitrogen and oxygen atoms in total. The van der Waals surface area contributed by atoms with E-state index in [0.717, 1.165) is 16.9 Å². The number of hydrogen-bond acceptors (Lipinski definition) is 3. The van der Waals surface area contributed by atoms with Crippen LogP contribution in [-0.2, 0) is 0 Å². The first kappa shape index (κ1) is 15.8. The summed E-state index contributed by atoms with van der Waals surface area (Å²) in [7, 11) is 1.65. The summed E-state index contributed by atoms with van der Waals surface area (Å²) in [4.78, 5) is 0. The number of methoxy groups -OCH3 is 1. The molecule has 0 heterocycles. The Morgan fingerprint density at radius 3 is 2.38 bits per heavy atom. The Labute approximate surface area is 130 Å². The smallest absolute Gasteiger partial charge is 0.118 e. The summed E-state index contributed by atoms with van der Waals surface area (Å²) >= 11 is 6.32. The molecular weight excluding hydrogens is 286 g/mol. The molecule has 0 aliphatic rings. The fourth-order valence-electron chi connectivity index (χ4n) is 2.20. The topological polar surface area (TPSA) is 41.5 Å². The summed E-state index contributed by atoms with van der Waals surface area (Å²) in [6.07, 6.45) is -0.423. The van der Waals surface area contributed by atoms with Crippen LogP contribution in [0.1, 0.15) is 24.1 Å². The summed E-state index contributed by atoms with van der Waals surface area (Å²) in [5, 5.41) is 13.6. The Balaban J connectivity index is 2.33. The molecule has 0 radical (unpaired) electrons. The van der Waals surface area contributed by atoms with Crippen molar-refractivity contribution in [1.82, 2.24) is 5.32 Å². The molecule has 0 aromatic heterocycles. The van der Waals surface area contributed by atoms with E-state index in [1.54, 1.807) is 14.0 Å². The van der Waals surface area contributed by atoms with Crippen molar-refractivity contribution in [3.05, 3.63) is 64.7 Å². The summed E-state index contributed by atoms with van der Waals surface area (Å²) in [5.74, 6) is 0.812. The zero-order valence-electron chi connectivity index (χ0n) is 12.2. The Morgan fingerprint density at radius 2 is 1.81 bits per heavy atom. The van der Waals surface area contributed by atoms with Crippen molar-refractivity contribution in [2.24, 2.45) is 0 Å². The average Bonchev–Trinajstić information content (AvgIpc) is 2.49. The summed E-state index contributed by atoms with van der Waals surface area (Å²) in [5.41, 5.74) is 2.06. The highest BCUT2D eigenvalue weighted by atomic mass is 35.5. The van der Waals surface area contributed by atoms with Crippen molar-refractivity contribution < 1.29 is 9.84 Å². The van der Waals surface area contributed by atoms with Gasteiger partial charge < -0.3 is 15.2 Å². The molecule has 0 fully saturated rings. The normalized spacial score (nSPS) is 13.7. The maximum absolute atomic E-state index is 9.53. The molecule has 2 aromatic carbocycles. The predicted octanol–water partition coefficient (Wildman–Crippen LogP) is 3.41. The van der Waals surface area contributed by atoms with Crippen molar-refractivity contribution in [2.75, 3.05) is 13.7 Å². The molecule has 0 aliphatic heterocycles. The lowest BCUT2D eigenvalue weighted by Gasteiger charge is -2.22. The van der Waals surface area contributed by atoms with Crippen molar-refractivity contribution in [1.29, 1.82) is 0 Å². The lowest BCUT2D eigenvalue weighted by atomic mass is 9.98. The Hall–Kier alpha value is -1.55. The first-order valence-corrected chi connectivity index (χ1v) is 7.29. The van der Waals surface area contributed by atoms with E-state index < -0.39 is 6.10 Å². The van der Waals surface area contributed by atoms with Gasteiger partial charge in [-0.05, 0) is 36.2 Å². The van der Waals surface area contributed by atoms with Crippen molar-refractivity contribution >= 4 is 11.6 Å². The molecule has 4 heteroatoms. The standard InChI is InChI=1S/C17H20ClNO2/c1-12(20)11-19-17(15-5-3-4-6-16(15)18)13-7-9-14(21-2)10-8-13/h3-10,12,17,19-20H,11H2,1-2H3. The van der Waals surface area contributed by atoms with Crippen molar-refractivity contribution in [2.45, 2.75) is 19.1 Å². The van der Waals surface area contributed by atoms with Gasteiger partial charge in [-0.25, -0.2) is 0 Å². The molecule has 2 aromatic rings. The van der Waals surface area contributed by atoms with E-state index in [2.05, 4.69) is 5.32 Å². The third-order valence-electron chi connectivity index (χ3n) is 3.28. The molecule has 2 N–H and O–H groups in total. The van der Waals surface area contributed by atoms with Crippen LogP contribution in [0.3, 0.4) is 0 Å². The lowest BCUT2D eigenvalue weighted by Crippen LogP contribution is -2.29. The maximum atomic E-state index is 9.53. The Morgan fingerprint density at radius 1 is 1.14 bits per heavy atom. The summed E-state index contributed by atoms with van der Waals surface area (Å²) < 4.78 is 5.19. The molecule has 0 bridgehead atoms. The van der Waals surface area contributed by atoms with E-state index in [-0.39, 0.29) is 6.04 Å². The van der Waals surface area contributed by atoms with Gasteiger partial charge in [0, 0.05) is 11.6 Å². The van der Waals surface area contributed by atoms with E-state index in [4.69, 9.17) is 16.3 Å². The van der Waals surface area contributed by atoms with Crippen molar-refractivity contribution in [3.8, 4) is 5.75 Å². The quantitative estimate of drug-likeness (QED) is 0.859. The van der Waals surface area contributed by atoms with Gasteiger partial charge >= 0.3 is 0 Å². The second-order valence-corrected chi connectivity index (χ2v) is 5.39. The number of ether oxygens (including phenoxy) is 1. The van der Waals surface area contributed by atoms with Gasteiger partial charge in [0.2, 0.25) is 0 Å². The fraction of sp³-hybridized carbons (Fsp3) is 0.294. The van der Waals surface area contributed by atoms with Crippen LogP contribution in [0.15, 0.2) is 48.5 Å². The molecule has 0 spiro atoms. The number of benzene rings is 2. The largest absolute Gasteiger partial charge is 0.497 e.